The zero-order valence-corrected chi connectivity index (χ0v) is 26.1. The van der Waals surface area contributed by atoms with E-state index in [0.717, 1.165) is 31.5 Å². The molecule has 0 aromatic heterocycles. The van der Waals surface area contributed by atoms with Crippen molar-refractivity contribution < 1.29 is 44.7 Å². The number of methoxy groups -OCH3 is 1. The lowest BCUT2D eigenvalue weighted by Gasteiger charge is -2.53. The molecular formula is C34H39N3O9. The van der Waals surface area contributed by atoms with Crippen molar-refractivity contribution in [1.82, 2.24) is 9.80 Å². The van der Waals surface area contributed by atoms with Crippen molar-refractivity contribution in [2.45, 2.75) is 50.0 Å². The highest BCUT2D eigenvalue weighted by Crippen LogP contribution is 2.56. The van der Waals surface area contributed by atoms with Crippen LogP contribution in [0.3, 0.4) is 0 Å². The molecule has 4 aliphatic rings. The molecule has 1 saturated heterocycles. The minimum Gasteiger partial charge on any atom is -0.510 e. The molecule has 1 heterocycles. The van der Waals surface area contributed by atoms with Crippen molar-refractivity contribution in [2.75, 3.05) is 34.3 Å². The van der Waals surface area contributed by atoms with Crippen LogP contribution < -0.4 is 10.5 Å². The van der Waals surface area contributed by atoms with Crippen LogP contribution in [-0.2, 0) is 16.1 Å². The van der Waals surface area contributed by atoms with Crippen molar-refractivity contribution in [3.05, 3.63) is 69.7 Å². The number of aliphatic hydroxyl groups is 4. The van der Waals surface area contributed by atoms with E-state index in [9.17, 15) is 39.9 Å². The minimum atomic E-state index is -2.96. The van der Waals surface area contributed by atoms with Gasteiger partial charge in [0.1, 0.15) is 28.6 Å². The summed E-state index contributed by atoms with van der Waals surface area (Å²) in [6.45, 7) is 4.29. The first-order chi connectivity index (χ1) is 21.7. The molecule has 0 bridgehead atoms. The Morgan fingerprint density at radius 2 is 1.78 bits per heavy atom. The number of primary amides is 1. The maximum absolute atomic E-state index is 14.3. The normalized spacial score (nSPS) is 29.6. The SMILES string of the molecule is COc1ccc(-c2ccc3c(c2O)C(=O)C2=C(O)[C@]4(O)C(=O)C(C(N)=O)=C(O)[C@@H](N(C)C)[C@@H]4[C@@H](O)[C@@H]2[C@H]3C)cc1CN1CCCC1. The third kappa shape index (κ3) is 4.38. The zero-order chi connectivity index (χ0) is 33.4. The molecule has 2 aromatic rings. The van der Waals surface area contributed by atoms with Crippen LogP contribution in [0.25, 0.3) is 11.1 Å². The molecule has 6 atom stereocenters. The number of Topliss-reactive ketones (excluding diaryl/α,β-unsaturated/α-hetero) is 2. The summed E-state index contributed by atoms with van der Waals surface area (Å²) in [5, 5.41) is 58.0. The molecule has 1 amide bonds. The molecule has 0 spiro atoms. The van der Waals surface area contributed by atoms with Crippen LogP contribution in [0, 0.1) is 11.8 Å². The number of carbonyl (C=O) groups excluding carboxylic acids is 3. The summed E-state index contributed by atoms with van der Waals surface area (Å²) in [7, 11) is 4.59. The second kappa shape index (κ2) is 11.2. The number of nitrogens with two attached hydrogens (primary N) is 1. The number of likely N-dealkylation sites (N-methyl/N-ethyl adjacent to an activating group) is 1. The van der Waals surface area contributed by atoms with Crippen molar-refractivity contribution >= 4 is 17.5 Å². The second-order valence-corrected chi connectivity index (χ2v) is 13.0. The maximum atomic E-state index is 14.3. The Balaban J connectivity index is 1.50. The van der Waals surface area contributed by atoms with Crippen LogP contribution in [0.4, 0.5) is 0 Å². The molecule has 1 fully saturated rings. The number of fused-ring (bicyclic) bond motifs is 3. The Morgan fingerprint density at radius 1 is 1.11 bits per heavy atom. The van der Waals surface area contributed by atoms with Gasteiger partial charge in [-0.3, -0.25) is 24.2 Å². The summed E-state index contributed by atoms with van der Waals surface area (Å²) in [5.41, 5.74) is 3.23. The molecule has 0 saturated carbocycles. The van der Waals surface area contributed by atoms with Crippen molar-refractivity contribution in [3.63, 3.8) is 0 Å². The zero-order valence-electron chi connectivity index (χ0n) is 26.1. The van der Waals surface area contributed by atoms with Gasteiger partial charge in [0.25, 0.3) is 5.91 Å². The summed E-state index contributed by atoms with van der Waals surface area (Å²) in [6, 6.07) is 7.55. The molecule has 46 heavy (non-hydrogen) atoms. The molecule has 244 valence electrons. The quantitative estimate of drug-likeness (QED) is 0.255. The molecule has 0 unspecified atom stereocenters. The summed E-state index contributed by atoms with van der Waals surface area (Å²) >= 11 is 0. The number of phenols is 1. The molecule has 2 aromatic carbocycles. The minimum absolute atomic E-state index is 0.130. The number of nitrogens with zero attached hydrogens (tertiary/aromatic N) is 2. The number of hydrogen-bond donors (Lipinski definition) is 6. The Labute approximate surface area is 266 Å². The second-order valence-electron chi connectivity index (χ2n) is 13.0. The van der Waals surface area contributed by atoms with Crippen LogP contribution >= 0.6 is 0 Å². The van der Waals surface area contributed by atoms with Crippen molar-refractivity contribution in [1.29, 1.82) is 0 Å². The van der Waals surface area contributed by atoms with Gasteiger partial charge in [-0.1, -0.05) is 25.1 Å². The standard InChI is InChI=1S/C34H39N3O9/c1-15-18-8-9-19(16-7-10-20(46-4)17(13-16)14-37-11-5-6-12-37)27(38)22(18)28(39)23-21(15)29(40)25-26(36(2)3)30(41)24(33(35)44)32(43)34(25,45)31(23)42/h7-10,13,15,21,25-26,29,38,40-42,45H,5-6,11-12,14H2,1-4H3,(H2,35,44)/t15-,21+,25+,26-,29-,34-/m0/s1. The van der Waals surface area contributed by atoms with E-state index in [1.165, 1.54) is 19.0 Å². The molecule has 0 radical (unpaired) electrons. The van der Waals surface area contributed by atoms with Gasteiger partial charge in [-0.2, -0.15) is 0 Å². The lowest BCUT2D eigenvalue weighted by atomic mass is 9.55. The van der Waals surface area contributed by atoms with E-state index >= 15 is 0 Å². The first-order valence-corrected chi connectivity index (χ1v) is 15.3. The van der Waals surface area contributed by atoms with E-state index in [-0.39, 0.29) is 11.3 Å². The Bertz CT molecular complexity index is 1720. The number of ether oxygens (including phenoxy) is 1. The number of aromatic hydroxyl groups is 1. The topological polar surface area (TPSA) is 194 Å². The number of amides is 1. The molecule has 3 aliphatic carbocycles. The predicted octanol–water partition coefficient (Wildman–Crippen LogP) is 1.92. The van der Waals surface area contributed by atoms with Crippen LogP contribution in [0.5, 0.6) is 11.5 Å². The highest BCUT2D eigenvalue weighted by molar-refractivity contribution is 6.25. The first-order valence-electron chi connectivity index (χ1n) is 15.3. The fourth-order valence-corrected chi connectivity index (χ4v) is 8.11. The highest BCUT2D eigenvalue weighted by atomic mass is 16.5. The molecule has 12 heteroatoms. The van der Waals surface area contributed by atoms with Crippen molar-refractivity contribution in [2.24, 2.45) is 17.6 Å². The summed E-state index contributed by atoms with van der Waals surface area (Å²) in [4.78, 5) is 43.9. The van der Waals surface area contributed by atoms with Gasteiger partial charge in [-0.05, 0) is 69.2 Å². The van der Waals surface area contributed by atoms with Gasteiger partial charge in [0.2, 0.25) is 5.78 Å². The van der Waals surface area contributed by atoms with Gasteiger partial charge < -0.3 is 36.0 Å². The average molecular weight is 634 g/mol. The number of ketones is 2. The van der Waals surface area contributed by atoms with Crippen LogP contribution in [-0.4, -0.2) is 105 Å². The Hall–Kier alpha value is -4.23. The van der Waals surface area contributed by atoms with Gasteiger partial charge in [-0.25, -0.2) is 0 Å². The van der Waals surface area contributed by atoms with Crippen LogP contribution in [0.2, 0.25) is 0 Å². The van der Waals surface area contributed by atoms with Gasteiger partial charge in [-0.15, -0.1) is 0 Å². The first kappa shape index (κ1) is 31.7. The number of aliphatic hydroxyl groups excluding tert-OH is 3. The maximum Gasteiger partial charge on any atom is 0.255 e. The summed E-state index contributed by atoms with van der Waals surface area (Å²) in [6.07, 6.45) is 0.586. The van der Waals surface area contributed by atoms with E-state index in [4.69, 9.17) is 10.5 Å². The van der Waals surface area contributed by atoms with E-state index in [1.807, 2.05) is 6.07 Å². The van der Waals surface area contributed by atoms with Crippen LogP contribution in [0.1, 0.15) is 47.2 Å². The number of rotatable bonds is 6. The Morgan fingerprint density at radius 3 is 2.39 bits per heavy atom. The number of carbonyl (C=O) groups is 3. The van der Waals surface area contributed by atoms with E-state index in [0.29, 0.717) is 29.0 Å². The van der Waals surface area contributed by atoms with Gasteiger partial charge in [0.05, 0.1) is 30.7 Å². The fraction of sp³-hybridized carbons (Fsp3) is 0.441. The van der Waals surface area contributed by atoms with E-state index < -0.39 is 75.6 Å². The third-order valence-corrected chi connectivity index (χ3v) is 10.3. The highest BCUT2D eigenvalue weighted by Gasteiger charge is 2.67. The largest absolute Gasteiger partial charge is 0.510 e. The third-order valence-electron chi connectivity index (χ3n) is 10.3. The van der Waals surface area contributed by atoms with Crippen LogP contribution in [0.15, 0.2) is 53.0 Å². The summed E-state index contributed by atoms with van der Waals surface area (Å²) in [5.74, 6) is -8.46. The predicted molar refractivity (Wildman–Crippen MR) is 166 cm³/mol. The van der Waals surface area contributed by atoms with E-state index in [2.05, 4.69) is 4.90 Å². The van der Waals surface area contributed by atoms with Crippen molar-refractivity contribution in [3.8, 4) is 22.6 Å². The molecule has 7 N–H and O–H groups in total. The number of benzene rings is 2. The molecular weight excluding hydrogens is 594 g/mol. The van der Waals surface area contributed by atoms with Gasteiger partial charge >= 0.3 is 0 Å². The lowest BCUT2D eigenvalue weighted by molar-refractivity contribution is -0.162. The number of likely N-dealkylation sites (tertiary alicyclic amines) is 1. The Kier molecular flexibility index (Phi) is 7.75. The van der Waals surface area contributed by atoms with E-state index in [1.54, 1.807) is 38.3 Å². The number of hydrogen-bond acceptors (Lipinski definition) is 11. The average Bonchev–Trinajstić information content (AvgIpc) is 3.52. The van der Waals surface area contributed by atoms with Gasteiger partial charge in [0, 0.05) is 29.2 Å². The monoisotopic (exact) mass is 633 g/mol. The molecule has 12 nitrogen and oxygen atoms in total. The lowest BCUT2D eigenvalue weighted by Crippen LogP contribution is -2.68. The smallest absolute Gasteiger partial charge is 0.255 e. The molecule has 1 aliphatic heterocycles. The van der Waals surface area contributed by atoms with Gasteiger partial charge in [0.15, 0.2) is 11.4 Å². The molecule has 6 rings (SSSR count). The number of phenolic OH excluding ortho intramolecular Hbond substituents is 1. The summed E-state index contributed by atoms with van der Waals surface area (Å²) < 4.78 is 5.59. The fourth-order valence-electron chi connectivity index (χ4n) is 8.11.